The van der Waals surface area contributed by atoms with Crippen LogP contribution in [-0.4, -0.2) is 56.3 Å². The highest BCUT2D eigenvalue weighted by atomic mass is 16.2. The van der Waals surface area contributed by atoms with Crippen molar-refractivity contribution in [3.63, 3.8) is 0 Å². The number of piperazine rings is 1. The number of aromatic nitrogens is 2. The smallest absolute Gasteiger partial charge is 0.237 e. The molecule has 1 atom stereocenters. The molecular formula is C25H31N5O2. The highest BCUT2D eigenvalue weighted by molar-refractivity contribution is 5.89. The normalized spacial score (nSPS) is 17.0. The van der Waals surface area contributed by atoms with Crippen LogP contribution in [0.4, 0.5) is 0 Å². The van der Waals surface area contributed by atoms with E-state index in [9.17, 15) is 9.59 Å². The third-order valence-electron chi connectivity index (χ3n) is 6.19. The topological polar surface area (TPSA) is 70.5 Å². The second-order valence-electron chi connectivity index (χ2n) is 8.73. The number of fused-ring (bicyclic) bond motifs is 1. The summed E-state index contributed by atoms with van der Waals surface area (Å²) in [7, 11) is 1.92. The number of nitrogens with zero attached hydrogens (tertiary/aromatic N) is 4. The average molecular weight is 434 g/mol. The summed E-state index contributed by atoms with van der Waals surface area (Å²) in [4.78, 5) is 34.3. The van der Waals surface area contributed by atoms with E-state index < -0.39 is 6.04 Å². The van der Waals surface area contributed by atoms with Crippen LogP contribution in [0.5, 0.6) is 0 Å². The van der Waals surface area contributed by atoms with Crippen molar-refractivity contribution < 1.29 is 9.59 Å². The van der Waals surface area contributed by atoms with E-state index in [1.54, 1.807) is 11.1 Å². The molecular weight excluding hydrogens is 402 g/mol. The van der Waals surface area contributed by atoms with Gasteiger partial charge in [0.2, 0.25) is 11.8 Å². The number of hydrogen-bond acceptors (Lipinski definition) is 4. The van der Waals surface area contributed by atoms with E-state index in [0.29, 0.717) is 19.6 Å². The number of nitrogens with one attached hydrogen (secondary N) is 1. The second kappa shape index (κ2) is 9.53. The van der Waals surface area contributed by atoms with Crippen LogP contribution in [0, 0.1) is 0 Å². The number of imidazole rings is 1. The molecule has 1 unspecified atom stereocenters. The minimum atomic E-state index is -0.481. The molecule has 0 aliphatic carbocycles. The van der Waals surface area contributed by atoms with E-state index in [0.717, 1.165) is 17.9 Å². The molecule has 2 aromatic carbocycles. The first kappa shape index (κ1) is 22.0. The fourth-order valence-corrected chi connectivity index (χ4v) is 4.29. The SMILES string of the molecule is CC(C)N(Cc1nccn1C)C(=O)CC1C(=O)NCCN1Cc1ccc2ccccc2c1. The minimum Gasteiger partial charge on any atom is -0.353 e. The first-order chi connectivity index (χ1) is 15.4. The van der Waals surface area contributed by atoms with Gasteiger partial charge in [-0.2, -0.15) is 0 Å². The second-order valence-corrected chi connectivity index (χ2v) is 8.73. The van der Waals surface area contributed by atoms with Gasteiger partial charge in [0.1, 0.15) is 5.82 Å². The molecule has 7 heteroatoms. The maximum absolute atomic E-state index is 13.3. The van der Waals surface area contributed by atoms with Gasteiger partial charge in [-0.15, -0.1) is 0 Å². The molecule has 168 valence electrons. The molecule has 1 N–H and O–H groups in total. The van der Waals surface area contributed by atoms with Crippen LogP contribution in [0.1, 0.15) is 31.7 Å². The first-order valence-electron chi connectivity index (χ1n) is 11.2. The van der Waals surface area contributed by atoms with Gasteiger partial charge in [0.25, 0.3) is 0 Å². The predicted octanol–water partition coefficient (Wildman–Crippen LogP) is 2.70. The van der Waals surface area contributed by atoms with Crippen molar-refractivity contribution in [3.8, 4) is 0 Å². The Kier molecular flexibility index (Phi) is 6.55. The van der Waals surface area contributed by atoms with Crippen LogP contribution in [0.3, 0.4) is 0 Å². The van der Waals surface area contributed by atoms with Gasteiger partial charge >= 0.3 is 0 Å². The van der Waals surface area contributed by atoms with Crippen molar-refractivity contribution in [2.75, 3.05) is 13.1 Å². The van der Waals surface area contributed by atoms with Gasteiger partial charge in [-0.25, -0.2) is 4.98 Å². The zero-order chi connectivity index (χ0) is 22.7. The zero-order valence-corrected chi connectivity index (χ0v) is 19.0. The largest absolute Gasteiger partial charge is 0.353 e. The Labute approximate surface area is 189 Å². The lowest BCUT2D eigenvalue weighted by atomic mass is 10.0. The molecule has 0 radical (unpaired) electrons. The molecule has 2 heterocycles. The fourth-order valence-electron chi connectivity index (χ4n) is 4.29. The highest BCUT2D eigenvalue weighted by Gasteiger charge is 2.33. The summed E-state index contributed by atoms with van der Waals surface area (Å²) in [6, 6.07) is 14.2. The first-order valence-corrected chi connectivity index (χ1v) is 11.2. The van der Waals surface area contributed by atoms with E-state index >= 15 is 0 Å². The van der Waals surface area contributed by atoms with Gasteiger partial charge in [0.05, 0.1) is 19.0 Å². The Morgan fingerprint density at radius 1 is 1.22 bits per heavy atom. The summed E-state index contributed by atoms with van der Waals surface area (Å²) in [5.74, 6) is 0.716. The van der Waals surface area contributed by atoms with Crippen LogP contribution in [-0.2, 0) is 29.7 Å². The van der Waals surface area contributed by atoms with E-state index in [1.807, 2.05) is 43.8 Å². The molecule has 2 amide bonds. The summed E-state index contributed by atoms with van der Waals surface area (Å²) < 4.78 is 1.92. The van der Waals surface area contributed by atoms with Crippen molar-refractivity contribution in [1.82, 2.24) is 24.7 Å². The van der Waals surface area contributed by atoms with Crippen molar-refractivity contribution in [2.24, 2.45) is 7.05 Å². The average Bonchev–Trinajstić information content (AvgIpc) is 3.18. The van der Waals surface area contributed by atoms with Gasteiger partial charge in [0.15, 0.2) is 0 Å². The molecule has 0 saturated carbocycles. The van der Waals surface area contributed by atoms with E-state index in [1.165, 1.54) is 10.8 Å². The number of benzene rings is 2. The number of carbonyl (C=O) groups excluding carboxylic acids is 2. The maximum Gasteiger partial charge on any atom is 0.237 e. The van der Waals surface area contributed by atoms with Gasteiger partial charge in [-0.3, -0.25) is 14.5 Å². The third-order valence-corrected chi connectivity index (χ3v) is 6.19. The Morgan fingerprint density at radius 3 is 2.72 bits per heavy atom. The zero-order valence-electron chi connectivity index (χ0n) is 19.0. The molecule has 0 bridgehead atoms. The van der Waals surface area contributed by atoms with Gasteiger partial charge in [-0.05, 0) is 36.2 Å². The van der Waals surface area contributed by atoms with Crippen molar-refractivity contribution in [3.05, 3.63) is 66.2 Å². The Morgan fingerprint density at radius 2 is 2.00 bits per heavy atom. The van der Waals surface area contributed by atoms with Gasteiger partial charge < -0.3 is 14.8 Å². The third kappa shape index (κ3) is 4.83. The molecule has 1 aliphatic rings. The quantitative estimate of drug-likeness (QED) is 0.622. The van der Waals surface area contributed by atoms with Gasteiger partial charge in [-0.1, -0.05) is 36.4 Å². The summed E-state index contributed by atoms with van der Waals surface area (Å²) >= 11 is 0. The molecule has 0 spiro atoms. The molecule has 1 fully saturated rings. The van der Waals surface area contributed by atoms with Crippen LogP contribution >= 0.6 is 0 Å². The van der Waals surface area contributed by atoms with Crippen LogP contribution in [0.15, 0.2) is 54.9 Å². The molecule has 32 heavy (non-hydrogen) atoms. The van der Waals surface area contributed by atoms with Crippen LogP contribution in [0.25, 0.3) is 10.8 Å². The lowest BCUT2D eigenvalue weighted by Crippen LogP contribution is -2.56. The van der Waals surface area contributed by atoms with Crippen LogP contribution in [0.2, 0.25) is 0 Å². The predicted molar refractivity (Wildman–Crippen MR) is 125 cm³/mol. The maximum atomic E-state index is 13.3. The molecule has 3 aromatic rings. The molecule has 4 rings (SSSR count). The van der Waals surface area contributed by atoms with Crippen molar-refractivity contribution >= 4 is 22.6 Å². The Balaban J connectivity index is 1.50. The molecule has 1 aromatic heterocycles. The van der Waals surface area contributed by atoms with Crippen molar-refractivity contribution in [2.45, 2.75) is 45.4 Å². The lowest BCUT2D eigenvalue weighted by molar-refractivity contribution is -0.140. The number of aryl methyl sites for hydroxylation is 1. The molecule has 1 aliphatic heterocycles. The minimum absolute atomic E-state index is 0.0137. The number of carbonyl (C=O) groups is 2. The summed E-state index contributed by atoms with van der Waals surface area (Å²) in [5, 5.41) is 5.31. The number of hydrogen-bond donors (Lipinski definition) is 1. The van der Waals surface area contributed by atoms with Gasteiger partial charge in [0, 0.05) is 45.1 Å². The lowest BCUT2D eigenvalue weighted by Gasteiger charge is -2.36. The summed E-state index contributed by atoms with van der Waals surface area (Å²) in [6.45, 7) is 6.37. The van der Waals surface area contributed by atoms with E-state index in [2.05, 4.69) is 45.5 Å². The molecule has 1 saturated heterocycles. The standard InChI is InChI=1S/C25H31N5O2/c1-18(2)30(17-23-26-10-12-28(23)3)24(31)15-22-25(32)27-11-13-29(22)16-19-8-9-20-6-4-5-7-21(20)14-19/h4-10,12,14,18,22H,11,13,15-17H2,1-3H3,(H,27,32). The highest BCUT2D eigenvalue weighted by Crippen LogP contribution is 2.20. The van der Waals surface area contributed by atoms with E-state index in [4.69, 9.17) is 0 Å². The Hall–Kier alpha value is -3.19. The van der Waals surface area contributed by atoms with Crippen molar-refractivity contribution in [1.29, 1.82) is 0 Å². The molecule has 7 nitrogen and oxygen atoms in total. The fraction of sp³-hybridized carbons (Fsp3) is 0.400. The Bertz CT molecular complexity index is 1110. The summed E-state index contributed by atoms with van der Waals surface area (Å²) in [6.07, 6.45) is 3.76. The van der Waals surface area contributed by atoms with Crippen LogP contribution < -0.4 is 5.32 Å². The van der Waals surface area contributed by atoms with E-state index in [-0.39, 0.29) is 24.3 Å². The number of amides is 2. The summed E-state index contributed by atoms with van der Waals surface area (Å²) in [5.41, 5.74) is 1.14. The monoisotopic (exact) mass is 433 g/mol. The number of rotatable bonds is 7.